The molecule has 6 heteroatoms. The summed E-state index contributed by atoms with van der Waals surface area (Å²) in [4.78, 5) is 27.1. The van der Waals surface area contributed by atoms with E-state index in [1.165, 1.54) is 0 Å². The van der Waals surface area contributed by atoms with Crippen molar-refractivity contribution >= 4 is 11.8 Å². The van der Waals surface area contributed by atoms with Crippen LogP contribution in [0.15, 0.2) is 11.6 Å². The Morgan fingerprint density at radius 2 is 1.58 bits per heavy atom. The van der Waals surface area contributed by atoms with Gasteiger partial charge in [0.2, 0.25) is 0 Å². The Kier molecular flexibility index (Phi) is 5.45. The molecule has 6 nitrogen and oxygen atoms in total. The number of carbonyl (C=O) groups excluding carboxylic acids is 1. The maximum atomic E-state index is 14.3. The van der Waals surface area contributed by atoms with E-state index < -0.39 is 56.8 Å². The third-order valence-electron chi connectivity index (χ3n) is 13.2. The van der Waals surface area contributed by atoms with Gasteiger partial charge in [0.25, 0.3) is 0 Å². The molecule has 0 saturated heterocycles. The largest absolute Gasteiger partial charge is 0.481 e. The first-order valence-electron chi connectivity index (χ1n) is 14.0. The fraction of sp³-hybridized carbons (Fsp3) is 0.867. The van der Waals surface area contributed by atoms with E-state index in [1.54, 1.807) is 13.0 Å². The van der Waals surface area contributed by atoms with E-state index in [0.29, 0.717) is 32.1 Å². The van der Waals surface area contributed by atoms with Crippen LogP contribution in [-0.4, -0.2) is 50.0 Å². The molecule has 5 aliphatic carbocycles. The van der Waals surface area contributed by atoms with Gasteiger partial charge in [0.15, 0.2) is 5.78 Å². The summed E-state index contributed by atoms with van der Waals surface area (Å²) in [7, 11) is 0. The van der Waals surface area contributed by atoms with Gasteiger partial charge < -0.3 is 20.4 Å². The number of carbonyl (C=O) groups is 2. The second-order valence-electron chi connectivity index (χ2n) is 14.9. The second-order valence-corrected chi connectivity index (χ2v) is 14.9. The number of aliphatic hydroxyl groups excluding tert-OH is 2. The molecule has 0 aromatic carbocycles. The standard InChI is InChI=1S/C30H46O6/c1-16-8-11-30(24(34)35)13-12-27(5)17(21(30)29(16,7)36)14-18(31)22-26(4)15-19(32)23(33)25(2,3)20(26)9-10-28(22,27)6/h14,16,19-23,32-33,36H,8-13,15H2,1-7H3,(H,34,35). The van der Waals surface area contributed by atoms with Crippen molar-refractivity contribution in [3.05, 3.63) is 11.6 Å². The Morgan fingerprint density at radius 1 is 0.944 bits per heavy atom. The fourth-order valence-electron chi connectivity index (χ4n) is 10.8. The van der Waals surface area contributed by atoms with Gasteiger partial charge in [-0.15, -0.1) is 0 Å². The summed E-state index contributed by atoms with van der Waals surface area (Å²) in [5.41, 5.74) is -3.31. The van der Waals surface area contributed by atoms with Crippen LogP contribution in [0.4, 0.5) is 0 Å². The summed E-state index contributed by atoms with van der Waals surface area (Å²) in [5.74, 6) is -1.77. The van der Waals surface area contributed by atoms with Crippen LogP contribution in [0.3, 0.4) is 0 Å². The highest BCUT2D eigenvalue weighted by atomic mass is 16.4. The highest BCUT2D eigenvalue weighted by Crippen LogP contribution is 2.75. The minimum Gasteiger partial charge on any atom is -0.481 e. The van der Waals surface area contributed by atoms with Crippen LogP contribution in [0.1, 0.15) is 93.4 Å². The molecule has 0 spiro atoms. The number of hydrogen-bond acceptors (Lipinski definition) is 5. The Balaban J connectivity index is 1.70. The lowest BCUT2D eigenvalue weighted by atomic mass is 9.32. The molecule has 0 radical (unpaired) electrons. The molecule has 5 aliphatic rings. The molecule has 4 N–H and O–H groups in total. The molecule has 11 unspecified atom stereocenters. The van der Waals surface area contributed by atoms with Crippen molar-refractivity contribution in [3.63, 3.8) is 0 Å². The zero-order chi connectivity index (χ0) is 26.9. The first kappa shape index (κ1) is 26.4. The summed E-state index contributed by atoms with van der Waals surface area (Å²) >= 11 is 0. The van der Waals surface area contributed by atoms with E-state index in [-0.39, 0.29) is 23.5 Å². The highest BCUT2D eigenvalue weighted by Gasteiger charge is 2.73. The first-order chi connectivity index (χ1) is 16.4. The molecule has 202 valence electrons. The SMILES string of the molecule is CC1CCC2(C(=O)O)CCC3(C)C(=CC(=O)C4C5(C)CC(O)C(O)C(C)(C)C5CCC43C)C2C1(C)O. The monoisotopic (exact) mass is 502 g/mol. The Morgan fingerprint density at radius 3 is 2.19 bits per heavy atom. The van der Waals surface area contributed by atoms with E-state index in [9.17, 15) is 30.0 Å². The third kappa shape index (κ3) is 2.85. The van der Waals surface area contributed by atoms with Crippen LogP contribution < -0.4 is 0 Å². The number of carboxylic acids is 1. The Bertz CT molecular complexity index is 1030. The van der Waals surface area contributed by atoms with Gasteiger partial charge in [0, 0.05) is 11.8 Å². The maximum Gasteiger partial charge on any atom is 0.310 e. The molecule has 5 rings (SSSR count). The summed E-state index contributed by atoms with van der Waals surface area (Å²) in [6.07, 6.45) is 4.38. The predicted molar refractivity (Wildman–Crippen MR) is 136 cm³/mol. The molecule has 0 heterocycles. The number of rotatable bonds is 1. The average molecular weight is 503 g/mol. The van der Waals surface area contributed by atoms with Crippen molar-refractivity contribution < 1.29 is 30.0 Å². The zero-order valence-corrected chi connectivity index (χ0v) is 23.1. The number of aliphatic hydroxyl groups is 3. The summed E-state index contributed by atoms with van der Waals surface area (Å²) < 4.78 is 0. The third-order valence-corrected chi connectivity index (χ3v) is 13.2. The topological polar surface area (TPSA) is 115 Å². The number of carboxylic acid groups (broad SMARTS) is 1. The average Bonchev–Trinajstić information content (AvgIpc) is 2.75. The summed E-state index contributed by atoms with van der Waals surface area (Å²) in [6.45, 7) is 14.4. The number of aliphatic carboxylic acids is 1. The van der Waals surface area contributed by atoms with Crippen molar-refractivity contribution in [2.24, 2.45) is 50.7 Å². The minimum absolute atomic E-state index is 0.00628. The first-order valence-corrected chi connectivity index (χ1v) is 14.0. The molecule has 0 bridgehead atoms. The van der Waals surface area contributed by atoms with E-state index in [2.05, 4.69) is 20.8 Å². The molecule has 4 fully saturated rings. The zero-order valence-electron chi connectivity index (χ0n) is 23.1. The molecule has 4 saturated carbocycles. The molecule has 0 aromatic rings. The van der Waals surface area contributed by atoms with Crippen LogP contribution in [-0.2, 0) is 9.59 Å². The Labute approximate surface area is 215 Å². The van der Waals surface area contributed by atoms with Crippen LogP contribution in [0.5, 0.6) is 0 Å². The van der Waals surface area contributed by atoms with Gasteiger partial charge in [-0.1, -0.05) is 47.1 Å². The lowest BCUT2D eigenvalue weighted by Gasteiger charge is -2.71. The van der Waals surface area contributed by atoms with Crippen molar-refractivity contribution in [2.75, 3.05) is 0 Å². The molecule has 0 aromatic heterocycles. The molecule has 11 atom stereocenters. The van der Waals surface area contributed by atoms with Gasteiger partial charge in [-0.2, -0.15) is 0 Å². The Hall–Kier alpha value is -1.24. The van der Waals surface area contributed by atoms with Crippen LogP contribution in [0, 0.1) is 50.7 Å². The van der Waals surface area contributed by atoms with E-state index in [4.69, 9.17) is 0 Å². The molecule has 0 aliphatic heterocycles. The van der Waals surface area contributed by atoms with E-state index in [0.717, 1.165) is 18.4 Å². The minimum atomic E-state index is -1.22. The molecular weight excluding hydrogens is 456 g/mol. The lowest BCUT2D eigenvalue weighted by Crippen LogP contribution is -2.70. The molecule has 0 amide bonds. The quantitative estimate of drug-likeness (QED) is 0.424. The number of hydrogen-bond donors (Lipinski definition) is 4. The molecule has 36 heavy (non-hydrogen) atoms. The predicted octanol–water partition coefficient (Wildman–Crippen LogP) is 4.35. The van der Waals surface area contributed by atoms with Gasteiger partial charge in [0.1, 0.15) is 0 Å². The number of allylic oxidation sites excluding steroid dienone is 1. The lowest BCUT2D eigenvalue weighted by molar-refractivity contribution is -0.232. The van der Waals surface area contributed by atoms with Gasteiger partial charge in [-0.3, -0.25) is 9.59 Å². The van der Waals surface area contributed by atoms with E-state index >= 15 is 0 Å². The van der Waals surface area contributed by atoms with Crippen molar-refractivity contribution in [1.29, 1.82) is 0 Å². The van der Waals surface area contributed by atoms with Crippen molar-refractivity contribution in [1.82, 2.24) is 0 Å². The maximum absolute atomic E-state index is 14.3. The number of fused-ring (bicyclic) bond motifs is 7. The summed E-state index contributed by atoms with van der Waals surface area (Å²) in [5, 5.41) is 44.2. The van der Waals surface area contributed by atoms with E-state index in [1.807, 2.05) is 20.8 Å². The molecular formula is C30H46O6. The van der Waals surface area contributed by atoms with Gasteiger partial charge in [-0.25, -0.2) is 0 Å². The second kappa shape index (κ2) is 7.45. The van der Waals surface area contributed by atoms with Crippen molar-refractivity contribution in [2.45, 2.75) is 111 Å². The van der Waals surface area contributed by atoms with Crippen molar-refractivity contribution in [3.8, 4) is 0 Å². The van der Waals surface area contributed by atoms with Crippen LogP contribution in [0.2, 0.25) is 0 Å². The number of ketones is 1. The normalized spacial score (nSPS) is 55.9. The highest BCUT2D eigenvalue weighted by molar-refractivity contribution is 5.96. The van der Waals surface area contributed by atoms with Gasteiger partial charge >= 0.3 is 5.97 Å². The van der Waals surface area contributed by atoms with Gasteiger partial charge in [0.05, 0.1) is 23.2 Å². The summed E-state index contributed by atoms with van der Waals surface area (Å²) in [6, 6.07) is 0. The smallest absolute Gasteiger partial charge is 0.310 e. The fourth-order valence-corrected chi connectivity index (χ4v) is 10.8. The van der Waals surface area contributed by atoms with Gasteiger partial charge in [-0.05, 0) is 91.4 Å². The van der Waals surface area contributed by atoms with Crippen LogP contribution >= 0.6 is 0 Å². The van der Waals surface area contributed by atoms with Crippen LogP contribution in [0.25, 0.3) is 0 Å².